The van der Waals surface area contributed by atoms with Crippen LogP contribution in [0, 0.1) is 0 Å². The molecule has 1 saturated heterocycles. The molecule has 3 aromatic rings. The summed E-state index contributed by atoms with van der Waals surface area (Å²) in [6, 6.07) is 23.6. The minimum Gasteiger partial charge on any atom is -0.454 e. The zero-order chi connectivity index (χ0) is 25.1. The van der Waals surface area contributed by atoms with E-state index in [1.165, 1.54) is 0 Å². The van der Waals surface area contributed by atoms with E-state index >= 15 is 0 Å². The number of amides is 4. The highest BCUT2D eigenvalue weighted by atomic mass is 16.7. The highest BCUT2D eigenvalue weighted by molar-refractivity contribution is 6.09. The first kappa shape index (κ1) is 23.4. The van der Waals surface area contributed by atoms with E-state index in [1.54, 1.807) is 4.90 Å². The third-order valence-corrected chi connectivity index (χ3v) is 6.59. The number of carbonyl (C=O) groups is 3. The predicted octanol–water partition coefficient (Wildman–Crippen LogP) is 3.45. The van der Waals surface area contributed by atoms with Gasteiger partial charge in [0.25, 0.3) is 5.91 Å². The van der Waals surface area contributed by atoms with Crippen molar-refractivity contribution >= 4 is 17.8 Å². The third-order valence-electron chi connectivity index (χ3n) is 6.59. The van der Waals surface area contributed by atoms with E-state index in [0.717, 1.165) is 16.0 Å². The fraction of sp³-hybridized carbons (Fsp3) is 0.250. The summed E-state index contributed by atoms with van der Waals surface area (Å²) in [5.74, 6) is 0.555. The van der Waals surface area contributed by atoms with Crippen molar-refractivity contribution in [2.24, 2.45) is 0 Å². The second-order valence-electron chi connectivity index (χ2n) is 8.85. The Morgan fingerprint density at radius 3 is 2.36 bits per heavy atom. The van der Waals surface area contributed by atoms with Crippen LogP contribution in [0.4, 0.5) is 4.79 Å². The Hall–Kier alpha value is -4.33. The molecular formula is C28H27N3O5. The minimum absolute atomic E-state index is 0.174. The van der Waals surface area contributed by atoms with Crippen molar-refractivity contribution in [2.45, 2.75) is 25.4 Å². The number of hydrogen-bond acceptors (Lipinski definition) is 5. The quantitative estimate of drug-likeness (QED) is 0.494. The van der Waals surface area contributed by atoms with Crippen molar-refractivity contribution < 1.29 is 23.9 Å². The van der Waals surface area contributed by atoms with Crippen LogP contribution in [0.2, 0.25) is 0 Å². The number of ether oxygens (including phenoxy) is 2. The number of imide groups is 1. The van der Waals surface area contributed by atoms with Crippen LogP contribution in [0.25, 0.3) is 0 Å². The molecule has 0 aromatic heterocycles. The second-order valence-corrected chi connectivity index (χ2v) is 8.85. The summed E-state index contributed by atoms with van der Waals surface area (Å²) in [6.07, 6.45) is 0.280. The lowest BCUT2D eigenvalue weighted by molar-refractivity contribution is -0.139. The van der Waals surface area contributed by atoms with Gasteiger partial charge >= 0.3 is 6.03 Å². The van der Waals surface area contributed by atoms with Crippen molar-refractivity contribution in [1.29, 1.82) is 0 Å². The monoisotopic (exact) mass is 485 g/mol. The van der Waals surface area contributed by atoms with E-state index in [0.29, 0.717) is 30.2 Å². The lowest BCUT2D eigenvalue weighted by Gasteiger charge is -2.28. The average Bonchev–Trinajstić information content (AvgIpc) is 3.46. The topological polar surface area (TPSA) is 88.2 Å². The third kappa shape index (κ3) is 4.37. The number of likely N-dealkylation sites (N-methyl/N-ethyl adjacent to an activating group) is 1. The van der Waals surface area contributed by atoms with Crippen LogP contribution in [0.15, 0.2) is 78.9 Å². The number of nitrogens with one attached hydrogen (secondary N) is 1. The van der Waals surface area contributed by atoms with Crippen LogP contribution in [0.3, 0.4) is 0 Å². The van der Waals surface area contributed by atoms with E-state index in [2.05, 4.69) is 5.32 Å². The van der Waals surface area contributed by atoms with Crippen molar-refractivity contribution in [2.75, 3.05) is 19.9 Å². The Bertz CT molecular complexity index is 1280. The minimum atomic E-state index is -1.28. The molecule has 0 radical (unpaired) electrons. The molecule has 1 fully saturated rings. The molecule has 0 saturated carbocycles. The molecule has 0 spiro atoms. The van der Waals surface area contributed by atoms with Crippen LogP contribution in [0.5, 0.6) is 11.5 Å². The van der Waals surface area contributed by atoms with Gasteiger partial charge in [0.2, 0.25) is 12.7 Å². The summed E-state index contributed by atoms with van der Waals surface area (Å²) in [4.78, 5) is 42.8. The van der Waals surface area contributed by atoms with Gasteiger partial charge in [0.05, 0.1) is 0 Å². The molecule has 4 amide bonds. The molecule has 3 aromatic carbocycles. The first-order valence-electron chi connectivity index (χ1n) is 11.9. The Balaban J connectivity index is 1.37. The predicted molar refractivity (Wildman–Crippen MR) is 132 cm³/mol. The van der Waals surface area contributed by atoms with Crippen LogP contribution in [-0.2, 0) is 28.1 Å². The molecule has 5 rings (SSSR count). The van der Waals surface area contributed by atoms with Crippen molar-refractivity contribution in [1.82, 2.24) is 15.1 Å². The van der Waals surface area contributed by atoms with E-state index in [9.17, 15) is 14.4 Å². The largest absolute Gasteiger partial charge is 0.454 e. The fourth-order valence-corrected chi connectivity index (χ4v) is 4.68. The highest BCUT2D eigenvalue weighted by Crippen LogP contribution is 2.34. The molecule has 0 aliphatic carbocycles. The molecule has 184 valence electrons. The smallest absolute Gasteiger partial charge is 0.325 e. The number of urea groups is 1. The van der Waals surface area contributed by atoms with Crippen molar-refractivity contribution in [3.05, 3.63) is 95.6 Å². The van der Waals surface area contributed by atoms with Gasteiger partial charge in [-0.3, -0.25) is 14.5 Å². The maximum atomic E-state index is 13.8. The molecule has 2 aliphatic rings. The maximum Gasteiger partial charge on any atom is 0.325 e. The molecule has 1 atom stereocenters. The molecule has 36 heavy (non-hydrogen) atoms. The van der Waals surface area contributed by atoms with E-state index < -0.39 is 17.5 Å². The normalized spacial score (nSPS) is 18.3. The van der Waals surface area contributed by atoms with Gasteiger partial charge in [-0.15, -0.1) is 0 Å². The van der Waals surface area contributed by atoms with Gasteiger partial charge in [0, 0.05) is 19.5 Å². The summed E-state index contributed by atoms with van der Waals surface area (Å²) in [5, 5.41) is 2.91. The summed E-state index contributed by atoms with van der Waals surface area (Å²) < 4.78 is 10.8. The highest BCUT2D eigenvalue weighted by Gasteiger charge is 2.52. The lowest BCUT2D eigenvalue weighted by atomic mass is 9.83. The molecular weight excluding hydrogens is 458 g/mol. The van der Waals surface area contributed by atoms with Crippen LogP contribution in [0.1, 0.15) is 23.6 Å². The Morgan fingerprint density at radius 1 is 0.944 bits per heavy atom. The number of nitrogens with zero attached hydrogens (tertiary/aromatic N) is 2. The molecule has 0 bridgehead atoms. The summed E-state index contributed by atoms with van der Waals surface area (Å²) in [5.41, 5.74) is 1.17. The van der Waals surface area contributed by atoms with Gasteiger partial charge in [-0.25, -0.2) is 4.79 Å². The number of hydrogen-bond donors (Lipinski definition) is 1. The summed E-state index contributed by atoms with van der Waals surface area (Å²) >= 11 is 0. The van der Waals surface area contributed by atoms with E-state index in [-0.39, 0.29) is 25.7 Å². The van der Waals surface area contributed by atoms with Gasteiger partial charge in [-0.2, -0.15) is 0 Å². The molecule has 8 heteroatoms. The number of fused-ring (bicyclic) bond motifs is 1. The fourth-order valence-electron chi connectivity index (χ4n) is 4.68. The van der Waals surface area contributed by atoms with E-state index in [4.69, 9.17) is 9.47 Å². The SMILES string of the molecule is CCN(Cc1ccc2c(c1)OCO2)C(=O)CN1C(=O)N[C@](Cc2ccccc2)(c2ccccc2)C1=O. The van der Waals surface area contributed by atoms with Crippen LogP contribution < -0.4 is 14.8 Å². The van der Waals surface area contributed by atoms with Gasteiger partial charge in [-0.1, -0.05) is 66.7 Å². The Labute approximate surface area is 209 Å². The maximum absolute atomic E-state index is 13.8. The lowest BCUT2D eigenvalue weighted by Crippen LogP contribution is -2.47. The van der Waals surface area contributed by atoms with Gasteiger partial charge in [0.1, 0.15) is 6.54 Å². The van der Waals surface area contributed by atoms with Gasteiger partial charge in [-0.05, 0) is 35.7 Å². The number of rotatable bonds is 8. The molecule has 2 aliphatic heterocycles. The molecule has 2 heterocycles. The Kier molecular flexibility index (Phi) is 6.33. The van der Waals surface area contributed by atoms with Gasteiger partial charge < -0.3 is 19.7 Å². The number of benzene rings is 3. The number of carbonyl (C=O) groups excluding carboxylic acids is 3. The summed E-state index contributed by atoms with van der Waals surface area (Å²) in [7, 11) is 0. The van der Waals surface area contributed by atoms with Crippen LogP contribution in [-0.4, -0.2) is 47.5 Å². The molecule has 1 N–H and O–H groups in total. The van der Waals surface area contributed by atoms with Crippen molar-refractivity contribution in [3.63, 3.8) is 0 Å². The zero-order valence-electron chi connectivity index (χ0n) is 20.0. The first-order valence-corrected chi connectivity index (χ1v) is 11.9. The first-order chi connectivity index (χ1) is 17.5. The second kappa shape index (κ2) is 9.73. The summed E-state index contributed by atoms with van der Waals surface area (Å²) in [6.45, 7) is 2.44. The van der Waals surface area contributed by atoms with E-state index in [1.807, 2.05) is 85.8 Å². The molecule has 8 nitrogen and oxygen atoms in total. The van der Waals surface area contributed by atoms with Gasteiger partial charge in [0.15, 0.2) is 17.0 Å². The Morgan fingerprint density at radius 2 is 1.64 bits per heavy atom. The molecule has 0 unspecified atom stereocenters. The zero-order valence-corrected chi connectivity index (χ0v) is 20.0. The van der Waals surface area contributed by atoms with Crippen molar-refractivity contribution in [3.8, 4) is 11.5 Å². The average molecular weight is 486 g/mol. The standard InChI is InChI=1S/C28H27N3O5/c1-2-30(17-21-13-14-23-24(15-21)36-19-35-23)25(32)18-31-26(33)28(29-27(31)34,22-11-7-4-8-12-22)16-20-9-5-3-6-10-20/h3-15H,2,16-19H2,1H3,(H,29,34)/t28-/m1/s1. The van der Waals surface area contributed by atoms with Crippen LogP contribution >= 0.6 is 0 Å².